The van der Waals surface area contributed by atoms with Crippen LogP contribution in [0.25, 0.3) is 0 Å². The van der Waals surface area contributed by atoms with Gasteiger partial charge in [0.2, 0.25) is 0 Å². The first kappa shape index (κ1) is 15.3. The number of carboxylic acids is 1. The number of rotatable bonds is 1. The number of halogens is 9. The molecule has 6 rings (SSSR count). The van der Waals surface area contributed by atoms with E-state index in [4.69, 9.17) is 104 Å². The SMILES string of the molecule is O=C(O)C12C3(Cl)C4(Cl)C(Cl)(Cl)C5(Cl)C3(Cl)C1(Cl)C5(Cl)C42Cl. The van der Waals surface area contributed by atoms with Gasteiger partial charge >= 0.3 is 5.97 Å². The summed E-state index contributed by atoms with van der Waals surface area (Å²) in [6.45, 7) is 0. The molecule has 0 amide bonds. The molecule has 116 valence electrons. The maximum absolute atomic E-state index is 11.9. The molecule has 21 heavy (non-hydrogen) atoms. The first-order valence-corrected chi connectivity index (χ1v) is 9.03. The van der Waals surface area contributed by atoms with Crippen molar-refractivity contribution in [2.45, 2.75) is 38.5 Å². The van der Waals surface area contributed by atoms with Crippen molar-refractivity contribution in [3.8, 4) is 0 Å². The van der Waals surface area contributed by atoms with Crippen LogP contribution in [0, 0.1) is 5.41 Å². The summed E-state index contributed by atoms with van der Waals surface area (Å²) in [7, 11) is 0. The van der Waals surface area contributed by atoms with E-state index in [1.807, 2.05) is 0 Å². The standard InChI is InChI=1S/C10HCl9O2/c11-3-2(1(20)21)4(12)6(3,14)9(17)7(3,15)5(2,13)8(4,16)10(9,18)19/h(H,20,21). The molecule has 4 unspecified atom stereocenters. The van der Waals surface area contributed by atoms with Crippen molar-refractivity contribution in [2.75, 3.05) is 0 Å². The number of hydrogen-bond acceptors (Lipinski definition) is 1. The monoisotopic (exact) mass is 468 g/mol. The summed E-state index contributed by atoms with van der Waals surface area (Å²) in [6.07, 6.45) is 0. The molecule has 0 aromatic rings. The molecule has 0 aromatic heterocycles. The first-order valence-electron chi connectivity index (χ1n) is 5.63. The summed E-state index contributed by atoms with van der Waals surface area (Å²) in [4.78, 5) is -0.356. The Bertz CT molecular complexity index is 689. The van der Waals surface area contributed by atoms with Crippen molar-refractivity contribution in [1.29, 1.82) is 0 Å². The van der Waals surface area contributed by atoms with E-state index in [0.717, 1.165) is 0 Å². The molecule has 11 heteroatoms. The van der Waals surface area contributed by atoms with E-state index in [0.29, 0.717) is 0 Å². The second-order valence-corrected chi connectivity index (χ2v) is 11.5. The molecular weight excluding hydrogens is 471 g/mol. The van der Waals surface area contributed by atoms with Gasteiger partial charge in [-0.1, -0.05) is 23.2 Å². The van der Waals surface area contributed by atoms with Crippen molar-refractivity contribution in [3.63, 3.8) is 0 Å². The van der Waals surface area contributed by atoms with E-state index in [1.165, 1.54) is 0 Å². The van der Waals surface area contributed by atoms with Crippen molar-refractivity contribution in [1.82, 2.24) is 0 Å². The lowest BCUT2D eigenvalue weighted by Gasteiger charge is -3.04. The first-order chi connectivity index (χ1) is 9.19. The van der Waals surface area contributed by atoms with Crippen molar-refractivity contribution < 1.29 is 9.90 Å². The van der Waals surface area contributed by atoms with Gasteiger partial charge in [0.1, 0.15) is 39.5 Å². The second-order valence-electron chi connectivity index (χ2n) is 6.24. The number of alkyl halides is 9. The summed E-state index contributed by atoms with van der Waals surface area (Å²) >= 11 is 58.7. The van der Waals surface area contributed by atoms with E-state index in [1.54, 1.807) is 0 Å². The maximum Gasteiger partial charge on any atom is 0.315 e. The van der Waals surface area contributed by atoms with Crippen LogP contribution in [0.2, 0.25) is 0 Å². The van der Waals surface area contributed by atoms with Crippen LogP contribution in [0.4, 0.5) is 0 Å². The summed E-state index contributed by atoms with van der Waals surface area (Å²) in [5, 5.41) is 9.72. The molecule has 6 saturated carbocycles. The average Bonchev–Trinajstić information content (AvgIpc) is 2.44. The normalized spacial score (nSPS) is 80.0. The van der Waals surface area contributed by atoms with Gasteiger partial charge in [0.25, 0.3) is 0 Å². The minimum Gasteiger partial charge on any atom is -0.481 e. The van der Waals surface area contributed by atoms with Gasteiger partial charge in [-0.3, -0.25) is 4.79 Å². The molecule has 4 atom stereocenters. The Morgan fingerprint density at radius 3 is 1.19 bits per heavy atom. The molecule has 2 bridgehead atoms. The second kappa shape index (κ2) is 2.81. The van der Waals surface area contributed by atoms with E-state index in [2.05, 4.69) is 0 Å². The van der Waals surface area contributed by atoms with Crippen LogP contribution in [0.1, 0.15) is 0 Å². The zero-order chi connectivity index (χ0) is 16.1. The summed E-state index contributed by atoms with van der Waals surface area (Å²) in [5.41, 5.74) is -1.85. The molecule has 1 N–H and O–H groups in total. The summed E-state index contributed by atoms with van der Waals surface area (Å²) in [6, 6.07) is 0. The van der Waals surface area contributed by atoms with Gasteiger partial charge in [0.15, 0.2) is 4.33 Å². The molecular formula is C10HCl9O2. The van der Waals surface area contributed by atoms with Gasteiger partial charge < -0.3 is 5.11 Å². The highest BCUT2D eigenvalue weighted by atomic mass is 35.5. The third-order valence-electron chi connectivity index (χ3n) is 6.53. The molecule has 0 spiro atoms. The zero-order valence-electron chi connectivity index (χ0n) is 9.26. The van der Waals surface area contributed by atoms with Gasteiger partial charge in [-0.05, 0) is 0 Å². The molecule has 0 saturated heterocycles. The van der Waals surface area contributed by atoms with E-state index in [9.17, 15) is 9.90 Å². The Balaban J connectivity index is 2.01. The molecule has 0 aromatic carbocycles. The highest BCUT2D eigenvalue weighted by Gasteiger charge is 3.37. The summed E-state index contributed by atoms with van der Waals surface area (Å²) < 4.78 is -1.95. The van der Waals surface area contributed by atoms with Crippen LogP contribution >= 0.6 is 104 Å². The smallest absolute Gasteiger partial charge is 0.315 e. The third-order valence-corrected chi connectivity index (χ3v) is 14.8. The van der Waals surface area contributed by atoms with Crippen LogP contribution in [0.15, 0.2) is 0 Å². The Kier molecular flexibility index (Phi) is 2.05. The lowest BCUT2D eigenvalue weighted by Crippen LogP contribution is -3.26. The lowest BCUT2D eigenvalue weighted by molar-refractivity contribution is -0.331. The van der Waals surface area contributed by atoms with Crippen LogP contribution in [0.5, 0.6) is 0 Å². The molecule has 0 radical (unpaired) electrons. The Morgan fingerprint density at radius 1 is 0.571 bits per heavy atom. The van der Waals surface area contributed by atoms with Crippen LogP contribution < -0.4 is 0 Å². The quantitative estimate of drug-likeness (QED) is 0.583. The minimum atomic E-state index is -1.95. The van der Waals surface area contributed by atoms with E-state index >= 15 is 0 Å². The average molecular weight is 472 g/mol. The molecule has 0 aliphatic heterocycles. The topological polar surface area (TPSA) is 37.3 Å². The predicted octanol–water partition coefficient (Wildman–Crippen LogP) is 4.14. The van der Waals surface area contributed by atoms with Gasteiger partial charge in [-0.2, -0.15) is 0 Å². The van der Waals surface area contributed by atoms with Crippen LogP contribution in [-0.2, 0) is 4.79 Å². The van der Waals surface area contributed by atoms with Crippen molar-refractivity contribution >= 4 is 110 Å². The van der Waals surface area contributed by atoms with Crippen molar-refractivity contribution in [3.05, 3.63) is 0 Å². The number of hydrogen-bond donors (Lipinski definition) is 1. The fourth-order valence-electron chi connectivity index (χ4n) is 6.17. The highest BCUT2D eigenvalue weighted by molar-refractivity contribution is 6.79. The Hall–Kier alpha value is 2.08. The largest absolute Gasteiger partial charge is 0.481 e. The van der Waals surface area contributed by atoms with Gasteiger partial charge in [-0.25, -0.2) is 0 Å². The fourth-order valence-corrected chi connectivity index (χ4v) is 14.3. The van der Waals surface area contributed by atoms with E-state index < -0.39 is 49.8 Å². The Morgan fingerprint density at radius 2 is 0.857 bits per heavy atom. The zero-order valence-corrected chi connectivity index (χ0v) is 16.1. The third kappa shape index (κ3) is 0.569. The van der Waals surface area contributed by atoms with Crippen LogP contribution in [-0.4, -0.2) is 49.5 Å². The highest BCUT2D eigenvalue weighted by Crippen LogP contribution is 3.18. The Labute approximate surface area is 163 Å². The summed E-state index contributed by atoms with van der Waals surface area (Å²) in [5.74, 6) is -1.35. The molecule has 0 heterocycles. The molecule has 6 aliphatic rings. The maximum atomic E-state index is 11.9. The van der Waals surface area contributed by atoms with Crippen molar-refractivity contribution in [2.24, 2.45) is 5.41 Å². The molecule has 6 aliphatic carbocycles. The lowest BCUT2D eigenvalue weighted by atomic mass is 9.10. The fraction of sp³-hybridized carbons (Fsp3) is 0.900. The number of carboxylic acid groups (broad SMARTS) is 1. The number of carbonyl (C=O) groups is 1. The van der Waals surface area contributed by atoms with Gasteiger partial charge in [0.05, 0.1) is 0 Å². The van der Waals surface area contributed by atoms with Crippen LogP contribution in [0.3, 0.4) is 0 Å². The van der Waals surface area contributed by atoms with Gasteiger partial charge in [-0.15, -0.1) is 81.2 Å². The van der Waals surface area contributed by atoms with Gasteiger partial charge in [0, 0.05) is 0 Å². The predicted molar refractivity (Wildman–Crippen MR) is 84.6 cm³/mol. The molecule has 2 nitrogen and oxygen atoms in total. The number of aliphatic carboxylic acids is 1. The van der Waals surface area contributed by atoms with E-state index in [-0.39, 0.29) is 0 Å². The molecule has 6 fully saturated rings. The minimum absolute atomic E-state index is 1.35.